The first-order valence-electron chi connectivity index (χ1n) is 4.02. The highest BCUT2D eigenvalue weighted by atomic mass is 35.5. The number of hydrogen-bond acceptors (Lipinski definition) is 4. The summed E-state index contributed by atoms with van der Waals surface area (Å²) in [6.45, 7) is 1.95. The topological polar surface area (TPSA) is 48.1 Å². The number of halogens is 1. The van der Waals surface area contributed by atoms with E-state index in [0.29, 0.717) is 15.9 Å². The lowest BCUT2D eigenvalue weighted by Crippen LogP contribution is -1.87. The number of methoxy groups -OCH3 is 1. The molecule has 1 aromatic heterocycles. The molecule has 0 bridgehead atoms. The van der Waals surface area contributed by atoms with E-state index in [0.717, 1.165) is 15.8 Å². The Morgan fingerprint density at radius 1 is 1.57 bits per heavy atom. The van der Waals surface area contributed by atoms with Crippen LogP contribution in [0.5, 0.6) is 5.75 Å². The average molecular weight is 229 g/mol. The number of nitrogen functional groups attached to an aromatic ring is 1. The lowest BCUT2D eigenvalue weighted by molar-refractivity contribution is 0.419. The van der Waals surface area contributed by atoms with E-state index >= 15 is 0 Å². The number of aryl methyl sites for hydroxylation is 1. The molecule has 2 rings (SSSR count). The third-order valence-electron chi connectivity index (χ3n) is 2.05. The quantitative estimate of drug-likeness (QED) is 0.817. The molecule has 2 aromatic rings. The van der Waals surface area contributed by atoms with E-state index in [1.807, 2.05) is 6.92 Å². The Hall–Kier alpha value is -1.00. The zero-order valence-corrected chi connectivity index (χ0v) is 9.37. The first kappa shape index (κ1) is 9.55. The third kappa shape index (κ3) is 1.31. The molecule has 0 saturated carbocycles. The predicted molar refractivity (Wildman–Crippen MR) is 60.3 cm³/mol. The molecule has 0 amide bonds. The number of rotatable bonds is 1. The molecular formula is C9H9ClN2OS. The van der Waals surface area contributed by atoms with Crippen LogP contribution in [0.25, 0.3) is 10.2 Å². The van der Waals surface area contributed by atoms with Crippen LogP contribution in [-0.4, -0.2) is 12.1 Å². The van der Waals surface area contributed by atoms with Gasteiger partial charge in [-0.3, -0.25) is 0 Å². The Labute approximate surface area is 90.5 Å². The second-order valence-electron chi connectivity index (χ2n) is 2.92. The lowest BCUT2D eigenvalue weighted by Gasteiger charge is -2.04. The Balaban J connectivity index is 2.88. The summed E-state index contributed by atoms with van der Waals surface area (Å²) in [5, 5.41) is 1.21. The van der Waals surface area contributed by atoms with Crippen LogP contribution in [0.15, 0.2) is 6.07 Å². The highest BCUT2D eigenvalue weighted by Crippen LogP contribution is 2.37. The number of hydrogen-bond donors (Lipinski definition) is 1. The molecule has 0 spiro atoms. The van der Waals surface area contributed by atoms with Crippen molar-refractivity contribution in [3.05, 3.63) is 16.7 Å². The van der Waals surface area contributed by atoms with Gasteiger partial charge < -0.3 is 10.5 Å². The molecule has 74 valence electrons. The van der Waals surface area contributed by atoms with Crippen LogP contribution < -0.4 is 10.5 Å². The number of benzene rings is 1. The van der Waals surface area contributed by atoms with E-state index in [2.05, 4.69) is 4.98 Å². The summed E-state index contributed by atoms with van der Waals surface area (Å²) >= 11 is 7.46. The van der Waals surface area contributed by atoms with Crippen LogP contribution in [0.3, 0.4) is 0 Å². The molecule has 5 heteroatoms. The molecule has 0 aliphatic carbocycles. The van der Waals surface area contributed by atoms with Gasteiger partial charge in [0.2, 0.25) is 0 Å². The number of fused-ring (bicyclic) bond motifs is 1. The number of nitrogens with two attached hydrogens (primary N) is 1. The third-order valence-corrected chi connectivity index (χ3v) is 3.45. The second-order valence-corrected chi connectivity index (χ2v) is 4.35. The van der Waals surface area contributed by atoms with Gasteiger partial charge in [0, 0.05) is 11.1 Å². The fraction of sp³-hybridized carbons (Fsp3) is 0.222. The summed E-state index contributed by atoms with van der Waals surface area (Å²) < 4.78 is 6.17. The summed E-state index contributed by atoms with van der Waals surface area (Å²) in [6, 6.07) is 1.76. The number of thiazole rings is 1. The van der Waals surface area contributed by atoms with Crippen molar-refractivity contribution < 1.29 is 4.74 Å². The lowest BCUT2D eigenvalue weighted by atomic mass is 10.2. The Kier molecular flexibility index (Phi) is 2.25. The molecule has 0 aliphatic heterocycles. The van der Waals surface area contributed by atoms with Crippen molar-refractivity contribution >= 4 is 38.3 Å². The van der Waals surface area contributed by atoms with Gasteiger partial charge in [0.25, 0.3) is 0 Å². The smallest absolute Gasteiger partial charge is 0.181 e. The molecule has 0 atom stereocenters. The van der Waals surface area contributed by atoms with E-state index in [4.69, 9.17) is 22.1 Å². The number of nitrogens with zero attached hydrogens (tertiary/aromatic N) is 1. The normalized spacial score (nSPS) is 10.8. The highest BCUT2D eigenvalue weighted by Gasteiger charge is 2.12. The summed E-state index contributed by atoms with van der Waals surface area (Å²) in [4.78, 5) is 4.20. The number of anilines is 1. The number of aromatic nitrogens is 1. The van der Waals surface area contributed by atoms with Crippen LogP contribution in [0.4, 0.5) is 5.13 Å². The van der Waals surface area contributed by atoms with Gasteiger partial charge in [-0.1, -0.05) is 22.9 Å². The largest absolute Gasteiger partial charge is 0.494 e. The molecule has 14 heavy (non-hydrogen) atoms. The zero-order chi connectivity index (χ0) is 10.3. The van der Waals surface area contributed by atoms with Crippen molar-refractivity contribution in [2.24, 2.45) is 0 Å². The maximum absolute atomic E-state index is 6.04. The van der Waals surface area contributed by atoms with Crippen LogP contribution in [-0.2, 0) is 0 Å². The molecule has 2 N–H and O–H groups in total. The summed E-state index contributed by atoms with van der Waals surface area (Å²) in [5.74, 6) is 0.670. The van der Waals surface area contributed by atoms with Gasteiger partial charge in [-0.15, -0.1) is 0 Å². The first-order valence-corrected chi connectivity index (χ1v) is 5.22. The summed E-state index contributed by atoms with van der Waals surface area (Å²) in [7, 11) is 1.59. The minimum absolute atomic E-state index is 0.531. The van der Waals surface area contributed by atoms with Gasteiger partial charge in [-0.2, -0.15) is 0 Å². The molecule has 1 aromatic carbocycles. The fourth-order valence-corrected chi connectivity index (χ4v) is 2.42. The van der Waals surface area contributed by atoms with Gasteiger partial charge in [0.05, 0.1) is 11.8 Å². The SMILES string of the molecule is COc1cc(Cl)c(C)c2sc(N)nc12. The monoisotopic (exact) mass is 228 g/mol. The molecule has 3 nitrogen and oxygen atoms in total. The highest BCUT2D eigenvalue weighted by molar-refractivity contribution is 7.22. The molecule has 1 heterocycles. The van der Waals surface area contributed by atoms with Gasteiger partial charge in [0.1, 0.15) is 11.3 Å². The molecule has 0 radical (unpaired) electrons. The maximum atomic E-state index is 6.04. The standard InChI is InChI=1S/C9H9ClN2OS/c1-4-5(10)3-6(13-2)7-8(4)14-9(11)12-7/h3H,1-2H3,(H2,11,12). The summed E-state index contributed by atoms with van der Waals surface area (Å²) in [5.41, 5.74) is 7.43. The number of ether oxygens (including phenoxy) is 1. The Bertz CT molecular complexity index is 495. The van der Waals surface area contributed by atoms with Crippen molar-refractivity contribution in [2.75, 3.05) is 12.8 Å². The molecule has 0 unspecified atom stereocenters. The van der Waals surface area contributed by atoms with Gasteiger partial charge in [0.15, 0.2) is 5.13 Å². The van der Waals surface area contributed by atoms with E-state index in [1.165, 1.54) is 11.3 Å². The second kappa shape index (κ2) is 3.29. The van der Waals surface area contributed by atoms with Crippen molar-refractivity contribution in [3.8, 4) is 5.75 Å². The Morgan fingerprint density at radius 2 is 2.29 bits per heavy atom. The summed E-state index contributed by atoms with van der Waals surface area (Å²) in [6.07, 6.45) is 0. The molecule has 0 saturated heterocycles. The minimum atomic E-state index is 0.531. The van der Waals surface area contributed by atoms with Gasteiger partial charge in [-0.05, 0) is 12.5 Å². The first-order chi connectivity index (χ1) is 6.63. The van der Waals surface area contributed by atoms with E-state index < -0.39 is 0 Å². The predicted octanol–water partition coefficient (Wildman–Crippen LogP) is 2.85. The van der Waals surface area contributed by atoms with Gasteiger partial charge in [-0.25, -0.2) is 4.98 Å². The fourth-order valence-electron chi connectivity index (χ4n) is 1.31. The van der Waals surface area contributed by atoms with Crippen molar-refractivity contribution in [1.82, 2.24) is 4.98 Å². The van der Waals surface area contributed by atoms with Crippen LogP contribution in [0.2, 0.25) is 5.02 Å². The van der Waals surface area contributed by atoms with Crippen molar-refractivity contribution in [2.45, 2.75) is 6.92 Å². The van der Waals surface area contributed by atoms with Crippen LogP contribution >= 0.6 is 22.9 Å². The van der Waals surface area contributed by atoms with E-state index in [-0.39, 0.29) is 0 Å². The van der Waals surface area contributed by atoms with E-state index in [9.17, 15) is 0 Å². The molecular weight excluding hydrogens is 220 g/mol. The minimum Gasteiger partial charge on any atom is -0.494 e. The van der Waals surface area contributed by atoms with Crippen molar-refractivity contribution in [1.29, 1.82) is 0 Å². The molecule has 0 fully saturated rings. The van der Waals surface area contributed by atoms with Crippen LogP contribution in [0.1, 0.15) is 5.56 Å². The zero-order valence-electron chi connectivity index (χ0n) is 7.80. The van der Waals surface area contributed by atoms with Crippen molar-refractivity contribution in [3.63, 3.8) is 0 Å². The van der Waals surface area contributed by atoms with Crippen LogP contribution in [0, 0.1) is 6.92 Å². The van der Waals surface area contributed by atoms with E-state index in [1.54, 1.807) is 13.2 Å². The Morgan fingerprint density at radius 3 is 2.93 bits per heavy atom. The maximum Gasteiger partial charge on any atom is 0.181 e. The molecule has 0 aliphatic rings. The average Bonchev–Trinajstić information content (AvgIpc) is 2.54. The van der Waals surface area contributed by atoms with Gasteiger partial charge >= 0.3 is 0 Å².